The van der Waals surface area contributed by atoms with Gasteiger partial charge in [0, 0.05) is 0 Å². The van der Waals surface area contributed by atoms with E-state index in [2.05, 4.69) is 31.2 Å². The van der Waals surface area contributed by atoms with Crippen LogP contribution in [-0.2, 0) is 21.9 Å². The predicted molar refractivity (Wildman–Crippen MR) is 99.4 cm³/mol. The topological polar surface area (TPSA) is 72.6 Å². The number of aryl methyl sites for hydroxylation is 2. The lowest BCUT2D eigenvalue weighted by Gasteiger charge is -2.25. The lowest BCUT2D eigenvalue weighted by molar-refractivity contribution is 0.133. The van der Waals surface area contributed by atoms with Gasteiger partial charge in [0.2, 0.25) is 0 Å². The van der Waals surface area contributed by atoms with Gasteiger partial charge in [0.05, 0.1) is 18.8 Å². The maximum atomic E-state index is 10.4. The van der Waals surface area contributed by atoms with E-state index in [0.717, 1.165) is 12.8 Å². The molecule has 1 aromatic carbocycles. The number of nitrogens with two attached hydrogens (primary N) is 1. The van der Waals surface area contributed by atoms with Crippen LogP contribution >= 0.6 is 8.69 Å². The van der Waals surface area contributed by atoms with Gasteiger partial charge >= 0.3 is 8.69 Å². The van der Waals surface area contributed by atoms with Crippen molar-refractivity contribution in [3.63, 3.8) is 0 Å². The molecule has 0 amide bonds. The average Bonchev–Trinajstić information content (AvgIpc) is 2.62. The fourth-order valence-electron chi connectivity index (χ4n) is 2.73. The fraction of sp³-hybridized carbons (Fsp3) is 0.684. The van der Waals surface area contributed by atoms with Gasteiger partial charge in [-0.25, -0.2) is 4.57 Å². The van der Waals surface area contributed by atoms with Crippen LogP contribution in [0.25, 0.3) is 0 Å². The number of hydrogen-bond donors (Lipinski definition) is 2. The summed E-state index contributed by atoms with van der Waals surface area (Å²) in [6.45, 7) is 2.15. The number of rotatable bonds is 14. The molecule has 0 aliphatic rings. The van der Waals surface area contributed by atoms with E-state index in [-0.39, 0.29) is 13.2 Å². The zero-order valence-electron chi connectivity index (χ0n) is 14.9. The van der Waals surface area contributed by atoms with Crippen LogP contribution in [0.2, 0.25) is 0 Å². The molecule has 0 saturated carbocycles. The normalized spacial score (nSPS) is 14.0. The lowest BCUT2D eigenvalue weighted by atomic mass is 9.93. The van der Waals surface area contributed by atoms with Gasteiger partial charge in [-0.2, -0.15) is 0 Å². The molecule has 0 radical (unpaired) electrons. The van der Waals surface area contributed by atoms with E-state index in [9.17, 15) is 9.67 Å². The van der Waals surface area contributed by atoms with Crippen LogP contribution in [0.15, 0.2) is 24.3 Å². The Bertz CT molecular complexity index is 452. The average molecular weight is 353 g/mol. The van der Waals surface area contributed by atoms with Crippen molar-refractivity contribution in [2.45, 2.75) is 70.3 Å². The fourth-order valence-corrected chi connectivity index (χ4v) is 3.04. The van der Waals surface area contributed by atoms with E-state index in [1.807, 2.05) is 0 Å². The highest BCUT2D eigenvalue weighted by Crippen LogP contribution is 2.16. The molecule has 3 N–H and O–H groups in total. The van der Waals surface area contributed by atoms with Gasteiger partial charge in [-0.15, -0.1) is 0 Å². The monoisotopic (exact) mass is 353 g/mol. The van der Waals surface area contributed by atoms with E-state index in [1.165, 1.54) is 49.7 Å². The van der Waals surface area contributed by atoms with Crippen LogP contribution < -0.4 is 5.73 Å². The summed E-state index contributed by atoms with van der Waals surface area (Å²) in [4.78, 5) is 0. The molecule has 0 unspecified atom stereocenters. The van der Waals surface area contributed by atoms with E-state index in [1.54, 1.807) is 0 Å². The molecule has 0 aliphatic carbocycles. The Morgan fingerprint density at radius 2 is 1.62 bits per heavy atom. The second kappa shape index (κ2) is 12.5. The SMILES string of the molecule is CCCCCCCCc1ccc(CC[C@@](N)(CO)COP=O)cc1. The van der Waals surface area contributed by atoms with Crippen molar-refractivity contribution in [3.05, 3.63) is 35.4 Å². The van der Waals surface area contributed by atoms with Crippen molar-refractivity contribution in [2.75, 3.05) is 13.2 Å². The standard InChI is InChI=1S/C19H32NO3P/c1-2-3-4-5-6-7-8-17-9-11-18(12-10-17)13-14-19(20,15-21)16-23-24-22/h9-12,21H,2-8,13-16,20H2,1H3/t19-/m1/s1. The van der Waals surface area contributed by atoms with Gasteiger partial charge in [0.25, 0.3) is 0 Å². The Labute approximate surface area is 148 Å². The summed E-state index contributed by atoms with van der Waals surface area (Å²) < 4.78 is 15.2. The minimum atomic E-state index is -0.839. The van der Waals surface area contributed by atoms with Crippen molar-refractivity contribution >= 4 is 8.69 Å². The highest BCUT2D eigenvalue weighted by Gasteiger charge is 2.24. The smallest absolute Gasteiger partial charge is 0.327 e. The minimum Gasteiger partial charge on any atom is -0.394 e. The number of hydrogen-bond acceptors (Lipinski definition) is 4. The summed E-state index contributed by atoms with van der Waals surface area (Å²) in [5.74, 6) is 0. The van der Waals surface area contributed by atoms with Gasteiger partial charge in [0.15, 0.2) is 0 Å². The number of aliphatic hydroxyl groups is 1. The molecule has 4 nitrogen and oxygen atoms in total. The van der Waals surface area contributed by atoms with Crippen LogP contribution in [0, 0.1) is 0 Å². The molecule has 0 spiro atoms. The van der Waals surface area contributed by atoms with Gasteiger partial charge in [0.1, 0.15) is 0 Å². The van der Waals surface area contributed by atoms with Crippen molar-refractivity contribution < 1.29 is 14.2 Å². The maximum Gasteiger partial charge on any atom is 0.327 e. The molecule has 0 saturated heterocycles. The van der Waals surface area contributed by atoms with E-state index in [4.69, 9.17) is 10.3 Å². The first-order chi connectivity index (χ1) is 11.6. The second-order valence-electron chi connectivity index (χ2n) is 6.70. The molecule has 24 heavy (non-hydrogen) atoms. The summed E-state index contributed by atoms with van der Waals surface area (Å²) in [7, 11) is -0.399. The van der Waals surface area contributed by atoms with Crippen LogP contribution in [-0.4, -0.2) is 23.9 Å². The Hall–Kier alpha value is -0.800. The van der Waals surface area contributed by atoms with Crippen molar-refractivity contribution in [1.29, 1.82) is 0 Å². The summed E-state index contributed by atoms with van der Waals surface area (Å²) in [5, 5.41) is 9.40. The first kappa shape index (κ1) is 21.2. The summed E-state index contributed by atoms with van der Waals surface area (Å²) >= 11 is 0. The first-order valence-corrected chi connectivity index (χ1v) is 9.79. The molecule has 136 valence electrons. The molecule has 1 aromatic rings. The Morgan fingerprint density at radius 1 is 1.04 bits per heavy atom. The molecular formula is C19H32NO3P. The largest absolute Gasteiger partial charge is 0.394 e. The highest BCUT2D eigenvalue weighted by atomic mass is 31.1. The summed E-state index contributed by atoms with van der Waals surface area (Å²) in [5.41, 5.74) is 7.80. The van der Waals surface area contributed by atoms with Crippen LogP contribution in [0.4, 0.5) is 0 Å². The third kappa shape index (κ3) is 8.89. The Morgan fingerprint density at radius 3 is 2.21 bits per heavy atom. The number of unbranched alkanes of at least 4 members (excludes halogenated alkanes) is 5. The lowest BCUT2D eigenvalue weighted by Crippen LogP contribution is -2.47. The van der Waals surface area contributed by atoms with Gasteiger partial charge in [-0.3, -0.25) is 4.52 Å². The first-order valence-electron chi connectivity index (χ1n) is 9.05. The zero-order valence-corrected chi connectivity index (χ0v) is 15.8. The highest BCUT2D eigenvalue weighted by molar-refractivity contribution is 7.17. The summed E-state index contributed by atoms with van der Waals surface area (Å²) in [6, 6.07) is 8.64. The van der Waals surface area contributed by atoms with Crippen molar-refractivity contribution in [1.82, 2.24) is 0 Å². The van der Waals surface area contributed by atoms with E-state index in [0.29, 0.717) is 6.42 Å². The van der Waals surface area contributed by atoms with Crippen LogP contribution in [0.3, 0.4) is 0 Å². The third-order valence-corrected chi connectivity index (χ3v) is 4.71. The van der Waals surface area contributed by atoms with Crippen molar-refractivity contribution in [2.24, 2.45) is 5.73 Å². The van der Waals surface area contributed by atoms with Gasteiger partial charge < -0.3 is 10.8 Å². The van der Waals surface area contributed by atoms with Gasteiger partial charge in [-0.05, 0) is 36.8 Å². The van der Waals surface area contributed by atoms with Gasteiger partial charge in [-0.1, -0.05) is 63.3 Å². The quantitative estimate of drug-likeness (QED) is 0.383. The Balaban J connectivity index is 2.32. The molecule has 5 heteroatoms. The minimum absolute atomic E-state index is 0.0880. The number of benzene rings is 1. The summed E-state index contributed by atoms with van der Waals surface area (Å²) in [6.07, 6.45) is 10.4. The molecule has 0 bridgehead atoms. The molecular weight excluding hydrogens is 321 g/mol. The zero-order chi connectivity index (χ0) is 17.7. The number of aliphatic hydroxyl groups excluding tert-OH is 1. The van der Waals surface area contributed by atoms with Crippen molar-refractivity contribution in [3.8, 4) is 0 Å². The van der Waals surface area contributed by atoms with Crippen LogP contribution in [0.1, 0.15) is 63.0 Å². The second-order valence-corrected chi connectivity index (χ2v) is 7.11. The molecule has 0 aromatic heterocycles. The van der Waals surface area contributed by atoms with E-state index < -0.39 is 14.2 Å². The third-order valence-electron chi connectivity index (χ3n) is 4.47. The van der Waals surface area contributed by atoms with Crippen LogP contribution in [0.5, 0.6) is 0 Å². The predicted octanol–water partition coefficient (Wildman–Crippen LogP) is 4.44. The molecule has 1 atom stereocenters. The van der Waals surface area contributed by atoms with E-state index >= 15 is 0 Å². The molecule has 0 aliphatic heterocycles. The molecule has 1 rings (SSSR count). The molecule has 0 fully saturated rings. The maximum absolute atomic E-state index is 10.4. The molecule has 0 heterocycles. The Kier molecular flexibility index (Phi) is 11.1.